The average Bonchev–Trinajstić information content (AvgIpc) is 3.52. The van der Waals surface area contributed by atoms with Crippen LogP contribution in [0.5, 0.6) is 5.75 Å². The number of carbonyl (C=O) groups is 3. The van der Waals surface area contributed by atoms with Crippen molar-refractivity contribution >= 4 is 35.2 Å². The minimum Gasteiger partial charge on any atom is -0.494 e. The van der Waals surface area contributed by atoms with Crippen LogP contribution < -0.4 is 15.4 Å². The first-order valence-electron chi connectivity index (χ1n) is 12.4. The molecule has 190 valence electrons. The van der Waals surface area contributed by atoms with E-state index in [9.17, 15) is 19.5 Å². The molecule has 0 aliphatic carbocycles. The first kappa shape index (κ1) is 24.6. The second-order valence-corrected chi connectivity index (χ2v) is 11.1. The molecule has 3 fully saturated rings. The van der Waals surface area contributed by atoms with E-state index in [0.29, 0.717) is 25.3 Å². The Bertz CT molecular complexity index is 1130. The fourth-order valence-electron chi connectivity index (χ4n) is 6.01. The topological polar surface area (TPSA) is 108 Å². The number of thioether (sulfide) groups is 1. The van der Waals surface area contributed by atoms with Crippen molar-refractivity contribution in [1.29, 1.82) is 0 Å². The summed E-state index contributed by atoms with van der Waals surface area (Å²) in [4.78, 5) is 42.1. The highest BCUT2D eigenvalue weighted by Gasteiger charge is 2.73. The number of amides is 3. The zero-order valence-electron chi connectivity index (χ0n) is 20.2. The van der Waals surface area contributed by atoms with Crippen LogP contribution in [0.25, 0.3) is 0 Å². The van der Waals surface area contributed by atoms with E-state index in [1.54, 1.807) is 36.0 Å². The molecule has 9 heteroatoms. The molecule has 3 amide bonds. The second-order valence-electron chi connectivity index (χ2n) is 9.46. The van der Waals surface area contributed by atoms with Crippen molar-refractivity contribution in [2.75, 3.05) is 25.1 Å². The number of ether oxygens (including phenoxy) is 1. The summed E-state index contributed by atoms with van der Waals surface area (Å²) in [5, 5.41) is 15.6. The fourth-order valence-corrected chi connectivity index (χ4v) is 8.23. The van der Waals surface area contributed by atoms with Crippen LogP contribution >= 0.6 is 11.8 Å². The highest BCUT2D eigenvalue weighted by atomic mass is 32.2. The van der Waals surface area contributed by atoms with Crippen LogP contribution in [0.15, 0.2) is 54.6 Å². The summed E-state index contributed by atoms with van der Waals surface area (Å²) in [7, 11) is 0. The molecule has 2 aromatic rings. The molecule has 5 atom stereocenters. The van der Waals surface area contributed by atoms with E-state index in [2.05, 4.69) is 10.6 Å². The summed E-state index contributed by atoms with van der Waals surface area (Å²) in [5.41, 5.74) is 1.61. The number of rotatable bonds is 9. The van der Waals surface area contributed by atoms with E-state index in [1.165, 1.54) is 4.90 Å². The van der Waals surface area contributed by atoms with Crippen LogP contribution in [-0.4, -0.2) is 63.5 Å². The first-order valence-corrected chi connectivity index (χ1v) is 13.3. The lowest BCUT2D eigenvalue weighted by atomic mass is 9.70. The summed E-state index contributed by atoms with van der Waals surface area (Å²) in [6.07, 6.45) is 1.46. The minimum atomic E-state index is -0.718. The monoisotopic (exact) mass is 509 g/mol. The maximum Gasteiger partial charge on any atom is 0.244 e. The number of likely N-dealkylation sites (tertiary alicyclic amines) is 1. The maximum atomic E-state index is 13.7. The average molecular weight is 510 g/mol. The summed E-state index contributed by atoms with van der Waals surface area (Å²) in [6.45, 7) is 2.65. The van der Waals surface area contributed by atoms with Crippen LogP contribution in [0.2, 0.25) is 0 Å². The number of nitrogens with one attached hydrogen (secondary N) is 2. The van der Waals surface area contributed by atoms with Gasteiger partial charge < -0.3 is 25.4 Å². The van der Waals surface area contributed by atoms with Crippen LogP contribution in [0.3, 0.4) is 0 Å². The molecule has 2 unspecified atom stereocenters. The summed E-state index contributed by atoms with van der Waals surface area (Å²) >= 11 is 1.61. The number of anilines is 1. The Morgan fingerprint density at radius 2 is 1.89 bits per heavy atom. The Balaban J connectivity index is 1.37. The Hall–Kier alpha value is -3.04. The van der Waals surface area contributed by atoms with Gasteiger partial charge in [-0.2, -0.15) is 0 Å². The summed E-state index contributed by atoms with van der Waals surface area (Å²) < 4.78 is 4.80. The molecule has 2 bridgehead atoms. The van der Waals surface area contributed by atoms with Gasteiger partial charge in [0.2, 0.25) is 17.7 Å². The van der Waals surface area contributed by atoms with Crippen molar-refractivity contribution < 1.29 is 24.2 Å². The van der Waals surface area contributed by atoms with Gasteiger partial charge in [-0.1, -0.05) is 30.3 Å². The van der Waals surface area contributed by atoms with E-state index in [4.69, 9.17) is 4.74 Å². The van der Waals surface area contributed by atoms with Crippen molar-refractivity contribution in [1.82, 2.24) is 10.2 Å². The lowest BCUT2D eigenvalue weighted by Gasteiger charge is -2.34. The van der Waals surface area contributed by atoms with Gasteiger partial charge in [0.1, 0.15) is 11.8 Å². The molecular weight excluding hydrogens is 478 g/mol. The summed E-state index contributed by atoms with van der Waals surface area (Å²) in [5.74, 6) is -1.06. The second kappa shape index (κ2) is 10.1. The molecule has 36 heavy (non-hydrogen) atoms. The SMILES string of the molecule is CCOc1ccc(NC(=O)[C@@H]2[C@@H]3CCC4(S3)C(C(=O)NCc3ccccc3)N(CCO)C(=O)[C@H]24)cc1. The van der Waals surface area contributed by atoms with E-state index in [1.807, 2.05) is 37.3 Å². The van der Waals surface area contributed by atoms with Gasteiger partial charge in [-0.3, -0.25) is 14.4 Å². The van der Waals surface area contributed by atoms with E-state index < -0.39 is 22.6 Å². The Morgan fingerprint density at radius 1 is 1.14 bits per heavy atom. The number of aliphatic hydroxyl groups is 1. The molecule has 3 aliphatic rings. The number of nitrogens with zero attached hydrogens (tertiary/aromatic N) is 1. The first-order chi connectivity index (χ1) is 17.5. The predicted octanol–water partition coefficient (Wildman–Crippen LogP) is 2.42. The molecule has 0 radical (unpaired) electrons. The predicted molar refractivity (Wildman–Crippen MR) is 137 cm³/mol. The van der Waals surface area contributed by atoms with Crippen LogP contribution in [0.4, 0.5) is 5.69 Å². The lowest BCUT2D eigenvalue weighted by Crippen LogP contribution is -2.53. The maximum absolute atomic E-state index is 13.7. The van der Waals surface area contributed by atoms with Gasteiger partial charge in [-0.15, -0.1) is 11.8 Å². The molecule has 2 aromatic carbocycles. The number of fused-ring (bicyclic) bond motifs is 1. The van der Waals surface area contributed by atoms with Crippen LogP contribution in [-0.2, 0) is 20.9 Å². The molecule has 3 aliphatic heterocycles. The quantitative estimate of drug-likeness (QED) is 0.479. The number of hydrogen-bond donors (Lipinski definition) is 3. The zero-order valence-corrected chi connectivity index (χ0v) is 21.0. The molecule has 3 heterocycles. The third-order valence-corrected chi connectivity index (χ3v) is 9.39. The van der Waals surface area contributed by atoms with Crippen molar-refractivity contribution in [3.63, 3.8) is 0 Å². The smallest absolute Gasteiger partial charge is 0.244 e. The van der Waals surface area contributed by atoms with Crippen molar-refractivity contribution in [3.05, 3.63) is 60.2 Å². The molecule has 8 nitrogen and oxygen atoms in total. The lowest BCUT2D eigenvalue weighted by molar-refractivity contribution is -0.139. The number of hydrogen-bond acceptors (Lipinski definition) is 6. The van der Waals surface area contributed by atoms with Crippen LogP contribution in [0.1, 0.15) is 25.3 Å². The summed E-state index contributed by atoms with van der Waals surface area (Å²) in [6, 6.07) is 16.1. The number of carbonyl (C=O) groups excluding carboxylic acids is 3. The third-order valence-electron chi connectivity index (χ3n) is 7.43. The molecule has 5 rings (SSSR count). The molecule has 3 saturated heterocycles. The van der Waals surface area contributed by atoms with E-state index in [0.717, 1.165) is 17.7 Å². The van der Waals surface area contributed by atoms with Gasteiger partial charge in [-0.05, 0) is 49.6 Å². The highest BCUT2D eigenvalue weighted by molar-refractivity contribution is 8.02. The fraction of sp³-hybridized carbons (Fsp3) is 0.444. The normalized spacial score (nSPS) is 28.2. The third kappa shape index (κ3) is 4.24. The van der Waals surface area contributed by atoms with Gasteiger partial charge in [0.05, 0.1) is 29.8 Å². The Labute approximate surface area is 214 Å². The number of β-amino-alcohol motifs (C(OH)–C–C–N with tert-alkyl or cyclic N) is 1. The molecular formula is C27H31N3O5S. The molecule has 1 spiro atoms. The molecule has 0 saturated carbocycles. The standard InChI is InChI=1S/C27H31N3O5S/c1-2-35-19-10-8-18(9-11-19)29-24(32)21-20-12-13-27(36-20)22(21)26(34)30(14-15-31)23(27)25(33)28-16-17-6-4-3-5-7-17/h3-11,20-23,31H,2,12-16H2,1H3,(H,28,33)(H,29,32)/t20-,21+,22-,23?,27?/m0/s1. The van der Waals surface area contributed by atoms with E-state index >= 15 is 0 Å². The zero-order chi connectivity index (χ0) is 25.3. The van der Waals surface area contributed by atoms with Gasteiger partial charge in [0.25, 0.3) is 0 Å². The highest BCUT2D eigenvalue weighted by Crippen LogP contribution is 2.66. The van der Waals surface area contributed by atoms with Crippen molar-refractivity contribution in [2.45, 2.75) is 42.3 Å². The molecule has 0 aromatic heterocycles. The Morgan fingerprint density at radius 3 is 2.58 bits per heavy atom. The van der Waals surface area contributed by atoms with Crippen molar-refractivity contribution in [3.8, 4) is 5.75 Å². The van der Waals surface area contributed by atoms with Crippen LogP contribution in [0, 0.1) is 11.8 Å². The number of benzene rings is 2. The van der Waals surface area contributed by atoms with Gasteiger partial charge >= 0.3 is 0 Å². The van der Waals surface area contributed by atoms with Crippen molar-refractivity contribution in [2.24, 2.45) is 11.8 Å². The Kier molecular flexibility index (Phi) is 6.94. The molecule has 3 N–H and O–H groups in total. The largest absolute Gasteiger partial charge is 0.494 e. The van der Waals surface area contributed by atoms with Gasteiger partial charge in [0.15, 0.2) is 0 Å². The van der Waals surface area contributed by atoms with E-state index in [-0.39, 0.29) is 36.1 Å². The van der Waals surface area contributed by atoms with Gasteiger partial charge in [0, 0.05) is 24.0 Å². The van der Waals surface area contributed by atoms with Gasteiger partial charge in [-0.25, -0.2) is 0 Å². The number of aliphatic hydroxyl groups excluding tert-OH is 1. The minimum absolute atomic E-state index is 0.0256.